The monoisotopic (exact) mass is 262 g/mol. The van der Waals surface area contributed by atoms with E-state index in [1.54, 1.807) is 18.2 Å². The van der Waals surface area contributed by atoms with Gasteiger partial charge in [0.05, 0.1) is 22.1 Å². The quantitative estimate of drug-likeness (QED) is 0.877. The van der Waals surface area contributed by atoms with Crippen molar-refractivity contribution in [3.8, 4) is 0 Å². The average Bonchev–Trinajstić information content (AvgIpc) is 2.21. The number of benzene rings is 1. The van der Waals surface area contributed by atoms with Crippen molar-refractivity contribution >= 4 is 29.2 Å². The second-order valence-corrected chi connectivity index (χ2v) is 4.42. The Morgan fingerprint density at radius 1 is 1.44 bits per heavy atom. The number of carboxylic acids is 1. The summed E-state index contributed by atoms with van der Waals surface area (Å²) in [6.07, 6.45) is -0.813. The molecule has 1 aromatic rings. The van der Waals surface area contributed by atoms with Gasteiger partial charge in [0.25, 0.3) is 0 Å². The zero-order valence-electron chi connectivity index (χ0n) is 8.65. The molecule has 0 aliphatic rings. The first-order chi connectivity index (χ1) is 7.43. The average molecular weight is 263 g/mol. The van der Waals surface area contributed by atoms with E-state index >= 15 is 0 Å². The molecule has 88 valence electrons. The summed E-state index contributed by atoms with van der Waals surface area (Å²) in [4.78, 5) is 10.6. The molecular weight excluding hydrogens is 251 g/mol. The first-order valence-electron chi connectivity index (χ1n) is 4.78. The Morgan fingerprint density at radius 2 is 2.06 bits per heavy atom. The van der Waals surface area contributed by atoms with Crippen LogP contribution in [0.25, 0.3) is 0 Å². The van der Waals surface area contributed by atoms with Crippen molar-refractivity contribution in [2.45, 2.75) is 19.4 Å². The van der Waals surface area contributed by atoms with Crippen molar-refractivity contribution in [1.29, 1.82) is 0 Å². The molecule has 2 atom stereocenters. The van der Waals surface area contributed by atoms with Crippen LogP contribution in [0.4, 0.5) is 0 Å². The molecule has 0 saturated heterocycles. The van der Waals surface area contributed by atoms with Gasteiger partial charge in [0.2, 0.25) is 0 Å². The van der Waals surface area contributed by atoms with Crippen LogP contribution < -0.4 is 0 Å². The van der Waals surface area contributed by atoms with E-state index < -0.39 is 18.0 Å². The fourth-order valence-electron chi connectivity index (χ4n) is 1.34. The van der Waals surface area contributed by atoms with Crippen LogP contribution in [-0.2, 0) is 4.79 Å². The van der Waals surface area contributed by atoms with Gasteiger partial charge >= 0.3 is 5.97 Å². The molecule has 2 unspecified atom stereocenters. The summed E-state index contributed by atoms with van der Waals surface area (Å²) in [6.45, 7) is 1.53. The Morgan fingerprint density at radius 3 is 2.62 bits per heavy atom. The number of rotatable bonds is 4. The molecule has 0 aliphatic carbocycles. The van der Waals surface area contributed by atoms with Crippen molar-refractivity contribution in [2.75, 3.05) is 0 Å². The van der Waals surface area contributed by atoms with E-state index in [1.165, 1.54) is 6.92 Å². The first-order valence-corrected chi connectivity index (χ1v) is 5.54. The van der Waals surface area contributed by atoms with Crippen LogP contribution in [0, 0.1) is 5.92 Å². The van der Waals surface area contributed by atoms with Gasteiger partial charge in [-0.25, -0.2) is 0 Å². The lowest BCUT2D eigenvalue weighted by atomic mass is 9.98. The minimum atomic E-state index is -0.947. The van der Waals surface area contributed by atoms with Crippen LogP contribution in [0.15, 0.2) is 18.2 Å². The molecule has 0 fully saturated rings. The largest absolute Gasteiger partial charge is 0.481 e. The summed E-state index contributed by atoms with van der Waals surface area (Å²) in [7, 11) is 0. The third-order valence-electron chi connectivity index (χ3n) is 2.34. The number of aliphatic hydroxyl groups is 1. The fourth-order valence-corrected chi connectivity index (χ4v) is 1.77. The van der Waals surface area contributed by atoms with Crippen LogP contribution in [0.2, 0.25) is 10.0 Å². The topological polar surface area (TPSA) is 57.5 Å². The smallest absolute Gasteiger partial charge is 0.306 e. The molecule has 1 rings (SSSR count). The molecule has 2 N–H and O–H groups in total. The zero-order valence-corrected chi connectivity index (χ0v) is 10.2. The van der Waals surface area contributed by atoms with Crippen molar-refractivity contribution < 1.29 is 15.0 Å². The number of carbonyl (C=O) groups is 1. The molecule has 16 heavy (non-hydrogen) atoms. The first kappa shape index (κ1) is 13.3. The third-order valence-corrected chi connectivity index (χ3v) is 3.17. The molecule has 0 spiro atoms. The van der Waals surface area contributed by atoms with Gasteiger partial charge in [0, 0.05) is 5.56 Å². The normalized spacial score (nSPS) is 14.5. The molecule has 0 radical (unpaired) electrons. The maximum atomic E-state index is 10.6. The number of halogens is 2. The highest BCUT2D eigenvalue weighted by atomic mass is 35.5. The number of hydrogen-bond donors (Lipinski definition) is 2. The summed E-state index contributed by atoms with van der Waals surface area (Å²) >= 11 is 11.7. The molecule has 3 nitrogen and oxygen atoms in total. The van der Waals surface area contributed by atoms with Gasteiger partial charge in [-0.15, -0.1) is 0 Å². The maximum absolute atomic E-state index is 10.6. The second-order valence-electron chi connectivity index (χ2n) is 3.63. The molecule has 1 aromatic carbocycles. The summed E-state index contributed by atoms with van der Waals surface area (Å²) < 4.78 is 0. The van der Waals surface area contributed by atoms with Crippen molar-refractivity contribution in [3.63, 3.8) is 0 Å². The van der Waals surface area contributed by atoms with Gasteiger partial charge < -0.3 is 10.2 Å². The summed E-state index contributed by atoms with van der Waals surface area (Å²) in [5.41, 5.74) is 0.460. The lowest BCUT2D eigenvalue weighted by Gasteiger charge is -2.15. The Bertz CT molecular complexity index is 393. The van der Waals surface area contributed by atoms with Gasteiger partial charge in [-0.3, -0.25) is 4.79 Å². The maximum Gasteiger partial charge on any atom is 0.306 e. The van der Waals surface area contributed by atoms with E-state index in [2.05, 4.69) is 0 Å². The fraction of sp³-hybridized carbons (Fsp3) is 0.364. The predicted molar refractivity (Wildman–Crippen MR) is 62.8 cm³/mol. The Kier molecular flexibility index (Phi) is 4.59. The molecule has 5 heteroatoms. The molecular formula is C11H12Cl2O3. The van der Waals surface area contributed by atoms with Crippen LogP contribution in [-0.4, -0.2) is 16.2 Å². The molecule has 0 saturated carbocycles. The minimum Gasteiger partial charge on any atom is -0.481 e. The Hall–Kier alpha value is -0.770. The summed E-state index contributed by atoms with van der Waals surface area (Å²) in [5.74, 6) is -1.58. The van der Waals surface area contributed by atoms with Crippen molar-refractivity contribution in [1.82, 2.24) is 0 Å². The van der Waals surface area contributed by atoms with Crippen LogP contribution in [0.3, 0.4) is 0 Å². The highest BCUT2D eigenvalue weighted by Gasteiger charge is 2.20. The highest BCUT2D eigenvalue weighted by Crippen LogP contribution is 2.32. The van der Waals surface area contributed by atoms with Crippen LogP contribution in [0.1, 0.15) is 25.0 Å². The second kappa shape index (κ2) is 5.53. The predicted octanol–water partition coefficient (Wildman–Crippen LogP) is 3.14. The van der Waals surface area contributed by atoms with Crippen molar-refractivity contribution in [3.05, 3.63) is 33.8 Å². The number of hydrogen-bond acceptors (Lipinski definition) is 2. The standard InChI is InChI=1S/C11H12Cl2O3/c1-6(11(15)16)5-9(14)7-3-2-4-8(12)10(7)13/h2-4,6,9,14H,5H2,1H3,(H,15,16). The van der Waals surface area contributed by atoms with E-state index in [4.69, 9.17) is 28.3 Å². The van der Waals surface area contributed by atoms with E-state index in [9.17, 15) is 9.90 Å². The third kappa shape index (κ3) is 3.11. The van der Waals surface area contributed by atoms with Gasteiger partial charge in [-0.05, 0) is 12.5 Å². The number of carboxylic acid groups (broad SMARTS) is 1. The highest BCUT2D eigenvalue weighted by molar-refractivity contribution is 6.42. The lowest BCUT2D eigenvalue weighted by Crippen LogP contribution is -2.13. The molecule has 0 amide bonds. The SMILES string of the molecule is CC(CC(O)c1cccc(Cl)c1Cl)C(=O)O. The number of aliphatic carboxylic acids is 1. The van der Waals surface area contributed by atoms with Gasteiger partial charge in [-0.1, -0.05) is 42.3 Å². The summed E-state index contributed by atoms with van der Waals surface area (Å²) in [6, 6.07) is 4.91. The lowest BCUT2D eigenvalue weighted by molar-refractivity contribution is -0.142. The Balaban J connectivity index is 2.84. The molecule has 0 aromatic heterocycles. The summed E-state index contributed by atoms with van der Waals surface area (Å²) in [5, 5.41) is 19.2. The van der Waals surface area contributed by atoms with Gasteiger partial charge in [0.15, 0.2) is 0 Å². The van der Waals surface area contributed by atoms with E-state index in [1.807, 2.05) is 0 Å². The molecule has 0 bridgehead atoms. The Labute approximate surface area is 104 Å². The van der Waals surface area contributed by atoms with Crippen molar-refractivity contribution in [2.24, 2.45) is 5.92 Å². The number of aliphatic hydroxyl groups excluding tert-OH is 1. The van der Waals surface area contributed by atoms with Gasteiger partial charge in [0.1, 0.15) is 0 Å². The minimum absolute atomic E-state index is 0.107. The molecule has 0 heterocycles. The van der Waals surface area contributed by atoms with Gasteiger partial charge in [-0.2, -0.15) is 0 Å². The van der Waals surface area contributed by atoms with E-state index in [0.29, 0.717) is 10.6 Å². The zero-order chi connectivity index (χ0) is 12.3. The van der Waals surface area contributed by atoms with Crippen LogP contribution in [0.5, 0.6) is 0 Å². The molecule has 0 aliphatic heterocycles. The van der Waals surface area contributed by atoms with E-state index in [-0.39, 0.29) is 11.4 Å². The van der Waals surface area contributed by atoms with Crippen LogP contribution >= 0.6 is 23.2 Å². The van der Waals surface area contributed by atoms with E-state index in [0.717, 1.165) is 0 Å².